The summed E-state index contributed by atoms with van der Waals surface area (Å²) < 4.78 is 5.82. The Bertz CT molecular complexity index is 483. The van der Waals surface area contributed by atoms with Gasteiger partial charge in [0.25, 0.3) is 0 Å². The van der Waals surface area contributed by atoms with E-state index in [0.29, 0.717) is 0 Å². The van der Waals surface area contributed by atoms with Gasteiger partial charge in [-0.2, -0.15) is 0 Å². The van der Waals surface area contributed by atoms with E-state index < -0.39 is 0 Å². The number of hydrogen-bond donors (Lipinski definition) is 1. The lowest BCUT2D eigenvalue weighted by Crippen LogP contribution is -2.38. The molecule has 0 saturated carbocycles. The molecule has 1 amide bonds. The maximum Gasteiger partial charge on any atom is 0.223 e. The molecule has 0 spiro atoms. The lowest BCUT2D eigenvalue weighted by Gasteiger charge is -2.35. The van der Waals surface area contributed by atoms with Crippen molar-refractivity contribution in [1.29, 1.82) is 0 Å². The number of amides is 1. The number of carbonyl (C=O) groups is 1. The van der Waals surface area contributed by atoms with Gasteiger partial charge >= 0.3 is 0 Å². The van der Waals surface area contributed by atoms with Gasteiger partial charge < -0.3 is 9.73 Å². The van der Waals surface area contributed by atoms with Gasteiger partial charge in [0.1, 0.15) is 11.5 Å². The number of fused-ring (bicyclic) bond motifs is 1. The van der Waals surface area contributed by atoms with E-state index in [2.05, 4.69) is 39.1 Å². The standard InChI is InChI=1S/C17H27NO2/c1-6-12(7-2)16(19)18-14-9-17(4,5)10-15-13(14)8-11(3)20-15/h8,12,14H,6-7,9-10H2,1-5H3,(H,18,19)/t14-/m1/s1. The van der Waals surface area contributed by atoms with Crippen LogP contribution in [0.1, 0.15) is 70.1 Å². The molecule has 0 radical (unpaired) electrons. The van der Waals surface area contributed by atoms with Crippen molar-refractivity contribution in [1.82, 2.24) is 5.32 Å². The first-order chi connectivity index (χ1) is 9.36. The van der Waals surface area contributed by atoms with Gasteiger partial charge in [0, 0.05) is 17.9 Å². The molecule has 1 aliphatic rings. The highest BCUT2D eigenvalue weighted by Gasteiger charge is 2.36. The Morgan fingerprint density at radius 3 is 2.70 bits per heavy atom. The Hall–Kier alpha value is -1.25. The van der Waals surface area contributed by atoms with Gasteiger partial charge in [-0.3, -0.25) is 4.79 Å². The highest BCUT2D eigenvalue weighted by atomic mass is 16.3. The summed E-state index contributed by atoms with van der Waals surface area (Å²) in [5.74, 6) is 2.29. The first kappa shape index (κ1) is 15.1. The molecule has 0 fully saturated rings. The molecule has 1 aliphatic carbocycles. The SMILES string of the molecule is CCC(CC)C(=O)N[C@@H]1CC(C)(C)Cc2oc(C)cc21. The average Bonchev–Trinajstić information content (AvgIpc) is 2.69. The fraction of sp³-hybridized carbons (Fsp3) is 0.706. The minimum absolute atomic E-state index is 0.0966. The van der Waals surface area contributed by atoms with Crippen LogP contribution in [0.3, 0.4) is 0 Å². The first-order valence-corrected chi connectivity index (χ1v) is 7.76. The largest absolute Gasteiger partial charge is 0.466 e. The van der Waals surface area contributed by atoms with Gasteiger partial charge in [0.15, 0.2) is 0 Å². The van der Waals surface area contributed by atoms with Gasteiger partial charge in [-0.15, -0.1) is 0 Å². The summed E-state index contributed by atoms with van der Waals surface area (Å²) in [5, 5.41) is 3.25. The van der Waals surface area contributed by atoms with Gasteiger partial charge in [0.05, 0.1) is 6.04 Å². The second-order valence-electron chi connectivity index (χ2n) is 6.86. The van der Waals surface area contributed by atoms with E-state index in [4.69, 9.17) is 4.42 Å². The average molecular weight is 277 g/mol. The van der Waals surface area contributed by atoms with Gasteiger partial charge in [0.2, 0.25) is 5.91 Å². The maximum atomic E-state index is 12.4. The molecule has 3 nitrogen and oxygen atoms in total. The molecule has 0 saturated heterocycles. The third-order valence-corrected chi connectivity index (χ3v) is 4.41. The number of aryl methyl sites for hydroxylation is 1. The molecular formula is C17H27NO2. The molecule has 3 heteroatoms. The molecule has 2 rings (SSSR count). The first-order valence-electron chi connectivity index (χ1n) is 7.76. The summed E-state index contributed by atoms with van der Waals surface area (Å²) in [6.07, 6.45) is 3.73. The Labute approximate surface area is 122 Å². The van der Waals surface area contributed by atoms with Crippen LogP contribution in [0.4, 0.5) is 0 Å². The molecular weight excluding hydrogens is 250 g/mol. The van der Waals surface area contributed by atoms with Gasteiger partial charge in [-0.25, -0.2) is 0 Å². The van der Waals surface area contributed by atoms with Crippen molar-refractivity contribution in [3.63, 3.8) is 0 Å². The molecule has 20 heavy (non-hydrogen) atoms. The molecule has 1 aromatic rings. The van der Waals surface area contributed by atoms with Crippen LogP contribution in [-0.4, -0.2) is 5.91 Å². The Balaban J connectivity index is 2.21. The number of nitrogens with one attached hydrogen (secondary N) is 1. The third-order valence-electron chi connectivity index (χ3n) is 4.41. The lowest BCUT2D eigenvalue weighted by molar-refractivity contribution is -0.126. The lowest BCUT2D eigenvalue weighted by atomic mass is 9.74. The van der Waals surface area contributed by atoms with Crippen molar-refractivity contribution in [2.45, 2.75) is 66.3 Å². The minimum Gasteiger partial charge on any atom is -0.466 e. The Morgan fingerprint density at radius 2 is 2.10 bits per heavy atom. The van der Waals surface area contributed by atoms with E-state index in [9.17, 15) is 4.79 Å². The Morgan fingerprint density at radius 1 is 1.45 bits per heavy atom. The van der Waals surface area contributed by atoms with Crippen molar-refractivity contribution >= 4 is 5.91 Å². The van der Waals surface area contributed by atoms with Crippen LogP contribution in [0.2, 0.25) is 0 Å². The van der Waals surface area contributed by atoms with E-state index in [1.807, 2.05) is 6.92 Å². The highest BCUT2D eigenvalue weighted by molar-refractivity contribution is 5.79. The molecule has 1 atom stereocenters. The summed E-state index contributed by atoms with van der Waals surface area (Å²) in [4.78, 5) is 12.4. The summed E-state index contributed by atoms with van der Waals surface area (Å²) in [6, 6.07) is 2.18. The van der Waals surface area contributed by atoms with Crippen LogP contribution in [0, 0.1) is 18.3 Å². The summed E-state index contributed by atoms with van der Waals surface area (Å²) in [6.45, 7) is 10.6. The highest BCUT2D eigenvalue weighted by Crippen LogP contribution is 2.42. The fourth-order valence-corrected chi connectivity index (χ4v) is 3.26. The minimum atomic E-state index is 0.0966. The number of furan rings is 1. The van der Waals surface area contributed by atoms with E-state index >= 15 is 0 Å². The number of hydrogen-bond acceptors (Lipinski definition) is 2. The quantitative estimate of drug-likeness (QED) is 0.898. The molecule has 0 bridgehead atoms. The fourth-order valence-electron chi connectivity index (χ4n) is 3.26. The summed E-state index contributed by atoms with van der Waals surface area (Å²) in [7, 11) is 0. The second kappa shape index (κ2) is 5.63. The summed E-state index contributed by atoms with van der Waals surface area (Å²) >= 11 is 0. The van der Waals surface area contributed by atoms with Crippen LogP contribution < -0.4 is 5.32 Å². The van der Waals surface area contributed by atoms with Crippen molar-refractivity contribution in [3.8, 4) is 0 Å². The van der Waals surface area contributed by atoms with E-state index in [1.54, 1.807) is 0 Å². The maximum absolute atomic E-state index is 12.4. The van der Waals surface area contributed by atoms with Gasteiger partial charge in [-0.1, -0.05) is 27.7 Å². The van der Waals surface area contributed by atoms with Crippen LogP contribution in [0.15, 0.2) is 10.5 Å². The predicted octanol–water partition coefficient (Wildman–Crippen LogP) is 4.15. The van der Waals surface area contributed by atoms with E-state index in [-0.39, 0.29) is 23.3 Å². The van der Waals surface area contributed by atoms with Crippen molar-refractivity contribution in [2.75, 3.05) is 0 Å². The van der Waals surface area contributed by atoms with Crippen LogP contribution >= 0.6 is 0 Å². The molecule has 0 unspecified atom stereocenters. The predicted molar refractivity (Wildman–Crippen MR) is 80.5 cm³/mol. The molecule has 0 aliphatic heterocycles. The van der Waals surface area contributed by atoms with Crippen molar-refractivity contribution in [3.05, 3.63) is 23.2 Å². The zero-order valence-corrected chi connectivity index (χ0v) is 13.4. The van der Waals surface area contributed by atoms with E-state index in [1.165, 1.54) is 5.56 Å². The second-order valence-corrected chi connectivity index (χ2v) is 6.86. The van der Waals surface area contributed by atoms with Gasteiger partial charge in [-0.05, 0) is 37.7 Å². The normalized spacial score (nSPS) is 20.8. The molecule has 1 aromatic heterocycles. The Kier molecular flexibility index (Phi) is 4.26. The van der Waals surface area contributed by atoms with Crippen molar-refractivity contribution in [2.24, 2.45) is 11.3 Å². The smallest absolute Gasteiger partial charge is 0.223 e. The molecule has 0 aromatic carbocycles. The van der Waals surface area contributed by atoms with Crippen LogP contribution in [0.5, 0.6) is 0 Å². The third kappa shape index (κ3) is 3.08. The molecule has 1 N–H and O–H groups in total. The molecule has 1 heterocycles. The number of rotatable bonds is 4. The number of carbonyl (C=O) groups excluding carboxylic acids is 1. The molecule has 112 valence electrons. The zero-order chi connectivity index (χ0) is 14.9. The zero-order valence-electron chi connectivity index (χ0n) is 13.4. The summed E-state index contributed by atoms with van der Waals surface area (Å²) in [5.41, 5.74) is 1.35. The van der Waals surface area contributed by atoms with E-state index in [0.717, 1.165) is 37.2 Å². The van der Waals surface area contributed by atoms with Crippen LogP contribution in [0.25, 0.3) is 0 Å². The van der Waals surface area contributed by atoms with Crippen LogP contribution in [-0.2, 0) is 11.2 Å². The van der Waals surface area contributed by atoms with Crippen molar-refractivity contribution < 1.29 is 9.21 Å². The topological polar surface area (TPSA) is 42.2 Å². The monoisotopic (exact) mass is 277 g/mol.